The maximum atomic E-state index is 13.2. The summed E-state index contributed by atoms with van der Waals surface area (Å²) in [5, 5.41) is 0.681. The number of rotatable bonds is 3. The second-order valence-electron chi connectivity index (χ2n) is 7.73. The van der Waals surface area contributed by atoms with E-state index in [0.29, 0.717) is 10.4 Å². The molecule has 4 nitrogen and oxygen atoms in total. The number of carbonyl (C=O) groups is 1. The first-order valence-corrected chi connectivity index (χ1v) is 9.17. The van der Waals surface area contributed by atoms with E-state index < -0.39 is 0 Å². The van der Waals surface area contributed by atoms with Gasteiger partial charge in [0.1, 0.15) is 6.04 Å². The number of carbonyl (C=O) groups excluding carboxylic acids is 1. The fraction of sp³-hybridized carbons (Fsp3) is 0.632. The van der Waals surface area contributed by atoms with Gasteiger partial charge in [0.2, 0.25) is 5.91 Å². The van der Waals surface area contributed by atoms with Crippen LogP contribution in [0.25, 0.3) is 0 Å². The molecule has 1 aromatic carbocycles. The van der Waals surface area contributed by atoms with Gasteiger partial charge in [-0.15, -0.1) is 0 Å². The predicted molar refractivity (Wildman–Crippen MR) is 98.2 cm³/mol. The van der Waals surface area contributed by atoms with E-state index >= 15 is 0 Å². The van der Waals surface area contributed by atoms with Gasteiger partial charge in [-0.2, -0.15) is 0 Å². The molecule has 1 spiro atoms. The van der Waals surface area contributed by atoms with Crippen LogP contribution in [0.2, 0.25) is 5.02 Å². The summed E-state index contributed by atoms with van der Waals surface area (Å²) in [6, 6.07) is 7.42. The topological polar surface area (TPSA) is 26.8 Å². The summed E-state index contributed by atoms with van der Waals surface area (Å²) in [4.78, 5) is 19.7. The van der Waals surface area contributed by atoms with Crippen LogP contribution in [0.4, 0.5) is 0 Å². The van der Waals surface area contributed by atoms with Crippen LogP contribution in [0.5, 0.6) is 0 Å². The van der Waals surface area contributed by atoms with Crippen LogP contribution in [0.1, 0.15) is 30.9 Å². The average Bonchev–Trinajstić information content (AvgIpc) is 2.95. The monoisotopic (exact) mass is 349 g/mol. The summed E-state index contributed by atoms with van der Waals surface area (Å²) in [6.07, 6.45) is 3.55. The number of hydrogen-bond acceptors (Lipinski definition) is 3. The molecule has 0 bridgehead atoms. The van der Waals surface area contributed by atoms with Crippen LogP contribution < -0.4 is 0 Å². The minimum atomic E-state index is -0.259. The van der Waals surface area contributed by atoms with Crippen molar-refractivity contribution in [1.82, 2.24) is 14.7 Å². The van der Waals surface area contributed by atoms with Crippen molar-refractivity contribution in [3.05, 3.63) is 34.9 Å². The molecule has 1 atom stereocenters. The Morgan fingerprint density at radius 1 is 1.21 bits per heavy atom. The molecule has 2 saturated heterocycles. The highest BCUT2D eigenvalue weighted by atomic mass is 35.5. The molecule has 0 aliphatic carbocycles. The Morgan fingerprint density at radius 3 is 2.50 bits per heavy atom. The third-order valence-electron chi connectivity index (χ3n) is 5.71. The van der Waals surface area contributed by atoms with E-state index in [1.807, 2.05) is 43.3 Å². The third kappa shape index (κ3) is 3.61. The maximum absolute atomic E-state index is 13.2. The molecule has 5 heteroatoms. The van der Waals surface area contributed by atoms with Crippen molar-refractivity contribution in [1.29, 1.82) is 0 Å². The molecule has 1 amide bonds. The Balaban J connectivity index is 1.75. The number of likely N-dealkylation sites (N-methyl/N-ethyl adjacent to an activating group) is 1. The van der Waals surface area contributed by atoms with Gasteiger partial charge < -0.3 is 9.80 Å². The van der Waals surface area contributed by atoms with Gasteiger partial charge in [0, 0.05) is 18.1 Å². The molecule has 0 aromatic heterocycles. The molecule has 1 unspecified atom stereocenters. The van der Waals surface area contributed by atoms with E-state index in [9.17, 15) is 4.79 Å². The van der Waals surface area contributed by atoms with E-state index in [1.54, 1.807) is 0 Å². The summed E-state index contributed by atoms with van der Waals surface area (Å²) in [7, 11) is 6.11. The molecular formula is C19H28ClN3O. The first-order valence-electron chi connectivity index (χ1n) is 8.79. The molecular weight excluding hydrogens is 322 g/mol. The second kappa shape index (κ2) is 7.03. The summed E-state index contributed by atoms with van der Waals surface area (Å²) in [6.45, 7) is 4.08. The summed E-state index contributed by atoms with van der Waals surface area (Å²) in [5.74, 6) is 0.207. The Kier molecular flexibility index (Phi) is 5.19. The van der Waals surface area contributed by atoms with Gasteiger partial charge in [-0.25, -0.2) is 0 Å². The number of hydrogen-bond donors (Lipinski definition) is 0. The number of likely N-dealkylation sites (tertiary alicyclic amines) is 2. The van der Waals surface area contributed by atoms with Crippen LogP contribution >= 0.6 is 11.6 Å². The summed E-state index contributed by atoms with van der Waals surface area (Å²) >= 11 is 6.14. The van der Waals surface area contributed by atoms with Crippen LogP contribution in [0, 0.1) is 5.41 Å². The zero-order chi connectivity index (χ0) is 17.3. The lowest BCUT2D eigenvalue weighted by Crippen LogP contribution is -2.43. The first kappa shape index (κ1) is 17.7. The number of halogens is 1. The lowest BCUT2D eigenvalue weighted by Gasteiger charge is -2.38. The molecule has 0 radical (unpaired) electrons. The highest BCUT2D eigenvalue weighted by Gasteiger charge is 2.43. The average molecular weight is 350 g/mol. The molecule has 132 valence electrons. The predicted octanol–water partition coefficient (Wildman–Crippen LogP) is 2.89. The highest BCUT2D eigenvalue weighted by molar-refractivity contribution is 6.30. The van der Waals surface area contributed by atoms with Gasteiger partial charge in [-0.05, 0) is 76.6 Å². The molecule has 24 heavy (non-hydrogen) atoms. The quantitative estimate of drug-likeness (QED) is 0.839. The molecule has 2 fully saturated rings. The van der Waals surface area contributed by atoms with E-state index in [4.69, 9.17) is 11.6 Å². The number of piperidine rings is 1. The molecule has 2 aliphatic rings. The van der Waals surface area contributed by atoms with Crippen LogP contribution in [-0.4, -0.2) is 67.9 Å². The molecule has 0 saturated carbocycles. The zero-order valence-corrected chi connectivity index (χ0v) is 15.7. The molecule has 0 N–H and O–H groups in total. The van der Waals surface area contributed by atoms with Crippen LogP contribution in [0.3, 0.4) is 0 Å². The molecule has 2 aliphatic heterocycles. The molecule has 2 heterocycles. The van der Waals surface area contributed by atoms with E-state index in [2.05, 4.69) is 16.8 Å². The third-order valence-corrected chi connectivity index (χ3v) is 5.95. The Bertz CT molecular complexity index is 596. The lowest BCUT2D eigenvalue weighted by molar-refractivity contribution is -0.135. The van der Waals surface area contributed by atoms with E-state index in [1.165, 1.54) is 12.8 Å². The van der Waals surface area contributed by atoms with Crippen molar-refractivity contribution in [2.24, 2.45) is 5.41 Å². The highest BCUT2D eigenvalue weighted by Crippen LogP contribution is 2.41. The van der Waals surface area contributed by atoms with Crippen molar-refractivity contribution in [3.63, 3.8) is 0 Å². The van der Waals surface area contributed by atoms with Crippen molar-refractivity contribution < 1.29 is 4.79 Å². The second-order valence-corrected chi connectivity index (χ2v) is 8.17. The van der Waals surface area contributed by atoms with Crippen molar-refractivity contribution >= 4 is 17.5 Å². The summed E-state index contributed by atoms with van der Waals surface area (Å²) < 4.78 is 0. The van der Waals surface area contributed by atoms with Crippen LogP contribution in [-0.2, 0) is 4.79 Å². The Labute approximate surface area is 150 Å². The Hall–Kier alpha value is -1.10. The van der Waals surface area contributed by atoms with E-state index in [0.717, 1.165) is 38.2 Å². The van der Waals surface area contributed by atoms with Crippen molar-refractivity contribution in [3.8, 4) is 0 Å². The lowest BCUT2D eigenvalue weighted by atomic mass is 9.78. The maximum Gasteiger partial charge on any atom is 0.244 e. The van der Waals surface area contributed by atoms with Gasteiger partial charge in [0.15, 0.2) is 0 Å². The largest absolute Gasteiger partial charge is 0.340 e. The van der Waals surface area contributed by atoms with Gasteiger partial charge in [-0.1, -0.05) is 23.7 Å². The SMILES string of the molecule is CN1CCC2(CC1)CCN(C(=O)C(c1cccc(Cl)c1)N(C)C)C2. The van der Waals surface area contributed by atoms with Crippen molar-refractivity contribution in [2.45, 2.75) is 25.3 Å². The standard InChI is InChI=1S/C19H28ClN3O/c1-21(2)17(15-5-4-6-16(20)13-15)18(24)23-12-9-19(14-23)7-10-22(3)11-8-19/h4-6,13,17H,7-12,14H2,1-3H3. The van der Waals surface area contributed by atoms with Crippen molar-refractivity contribution in [2.75, 3.05) is 47.3 Å². The fourth-order valence-corrected chi connectivity index (χ4v) is 4.33. The van der Waals surface area contributed by atoms with E-state index in [-0.39, 0.29) is 11.9 Å². The Morgan fingerprint density at radius 2 is 1.88 bits per heavy atom. The van der Waals surface area contributed by atoms with Gasteiger partial charge in [0.25, 0.3) is 0 Å². The normalized spacial score (nSPS) is 22.3. The zero-order valence-electron chi connectivity index (χ0n) is 15.0. The van der Waals surface area contributed by atoms with Crippen LogP contribution in [0.15, 0.2) is 24.3 Å². The molecule has 1 aromatic rings. The number of amides is 1. The van der Waals surface area contributed by atoms with Gasteiger partial charge in [-0.3, -0.25) is 9.69 Å². The minimum Gasteiger partial charge on any atom is -0.340 e. The molecule has 3 rings (SSSR count). The number of nitrogens with zero attached hydrogens (tertiary/aromatic N) is 3. The minimum absolute atomic E-state index is 0.207. The van der Waals surface area contributed by atoms with Gasteiger partial charge >= 0.3 is 0 Å². The first-order chi connectivity index (χ1) is 11.4. The van der Waals surface area contributed by atoms with Gasteiger partial charge in [0.05, 0.1) is 0 Å². The smallest absolute Gasteiger partial charge is 0.244 e. The summed E-state index contributed by atoms with van der Waals surface area (Å²) in [5.41, 5.74) is 1.31. The fourth-order valence-electron chi connectivity index (χ4n) is 4.14. The number of benzene rings is 1.